The molecule has 1 amide bonds. The number of carbonyl (C=O) groups excluding carboxylic acids is 1. The first-order valence-corrected chi connectivity index (χ1v) is 9.89. The van der Waals surface area contributed by atoms with Crippen molar-refractivity contribution in [2.75, 3.05) is 31.1 Å². The number of fused-ring (bicyclic) bond motifs is 1. The van der Waals surface area contributed by atoms with Crippen molar-refractivity contribution in [2.24, 2.45) is 11.8 Å². The van der Waals surface area contributed by atoms with Crippen molar-refractivity contribution in [3.05, 3.63) is 84.6 Å². The third-order valence-corrected chi connectivity index (χ3v) is 5.99. The maximum atomic E-state index is 13.0. The highest BCUT2D eigenvalue weighted by atomic mass is 16.2. The van der Waals surface area contributed by atoms with Crippen molar-refractivity contribution in [1.29, 1.82) is 0 Å². The van der Waals surface area contributed by atoms with Gasteiger partial charge in [0.15, 0.2) is 0 Å². The Bertz CT molecular complexity index is 942. The van der Waals surface area contributed by atoms with Gasteiger partial charge in [-0.1, -0.05) is 48.5 Å². The summed E-state index contributed by atoms with van der Waals surface area (Å²) in [6.07, 6.45) is 1.85. The number of likely N-dealkylation sites (tertiary alicyclic amines) is 1. The van der Waals surface area contributed by atoms with Gasteiger partial charge < -0.3 is 9.80 Å². The van der Waals surface area contributed by atoms with Crippen LogP contribution in [0.25, 0.3) is 11.1 Å². The van der Waals surface area contributed by atoms with Gasteiger partial charge in [-0.25, -0.2) is 4.98 Å². The number of hydrogen-bond donors (Lipinski definition) is 0. The number of amides is 1. The second-order valence-corrected chi connectivity index (χ2v) is 7.77. The molecule has 2 aromatic carbocycles. The molecule has 0 N–H and O–H groups in total. The van der Waals surface area contributed by atoms with E-state index in [9.17, 15) is 4.79 Å². The van der Waals surface area contributed by atoms with Gasteiger partial charge in [-0.2, -0.15) is 0 Å². The summed E-state index contributed by atoms with van der Waals surface area (Å²) in [4.78, 5) is 21.8. The van der Waals surface area contributed by atoms with Crippen molar-refractivity contribution in [3.8, 4) is 11.1 Å². The highest BCUT2D eigenvalue weighted by Gasteiger charge is 2.42. The second kappa shape index (κ2) is 7.12. The average molecular weight is 369 g/mol. The summed E-state index contributed by atoms with van der Waals surface area (Å²) in [5.41, 5.74) is 3.09. The third kappa shape index (κ3) is 3.15. The van der Waals surface area contributed by atoms with Crippen LogP contribution in [-0.2, 0) is 0 Å². The van der Waals surface area contributed by atoms with Crippen molar-refractivity contribution in [2.45, 2.75) is 0 Å². The van der Waals surface area contributed by atoms with E-state index >= 15 is 0 Å². The molecule has 2 unspecified atom stereocenters. The molecule has 0 aliphatic carbocycles. The Morgan fingerprint density at radius 3 is 2.04 bits per heavy atom. The summed E-state index contributed by atoms with van der Waals surface area (Å²) >= 11 is 0. The van der Waals surface area contributed by atoms with E-state index in [-0.39, 0.29) is 5.91 Å². The molecule has 140 valence electrons. The van der Waals surface area contributed by atoms with Gasteiger partial charge in [0.05, 0.1) is 0 Å². The van der Waals surface area contributed by atoms with E-state index in [0.29, 0.717) is 11.8 Å². The van der Waals surface area contributed by atoms with Crippen molar-refractivity contribution >= 4 is 11.7 Å². The summed E-state index contributed by atoms with van der Waals surface area (Å²) in [6, 6.07) is 24.3. The van der Waals surface area contributed by atoms with Gasteiger partial charge in [0.2, 0.25) is 0 Å². The number of hydrogen-bond acceptors (Lipinski definition) is 3. The standard InChI is InChI=1S/C24H23N3O/c28-24(20-11-9-19(10-12-20)18-6-2-1-3-7-18)27-16-21-14-26(15-22(21)17-27)23-8-4-5-13-25-23/h1-13,21-22H,14-17H2. The van der Waals surface area contributed by atoms with Crippen molar-refractivity contribution in [3.63, 3.8) is 0 Å². The molecule has 2 aliphatic heterocycles. The highest BCUT2D eigenvalue weighted by Crippen LogP contribution is 2.34. The number of nitrogens with zero attached hydrogens (tertiary/aromatic N) is 3. The zero-order valence-electron chi connectivity index (χ0n) is 15.7. The molecule has 4 heteroatoms. The monoisotopic (exact) mass is 369 g/mol. The molecule has 0 bridgehead atoms. The van der Waals surface area contributed by atoms with Crippen LogP contribution in [0.2, 0.25) is 0 Å². The molecule has 28 heavy (non-hydrogen) atoms. The van der Waals surface area contributed by atoms with E-state index < -0.39 is 0 Å². The maximum absolute atomic E-state index is 13.0. The first kappa shape index (κ1) is 17.0. The number of carbonyl (C=O) groups is 1. The molecule has 0 radical (unpaired) electrons. The smallest absolute Gasteiger partial charge is 0.253 e. The summed E-state index contributed by atoms with van der Waals surface area (Å²) in [7, 11) is 0. The van der Waals surface area contributed by atoms with Crippen LogP contribution in [0.1, 0.15) is 10.4 Å². The van der Waals surface area contributed by atoms with Gasteiger partial charge in [-0.3, -0.25) is 4.79 Å². The van der Waals surface area contributed by atoms with Crippen molar-refractivity contribution < 1.29 is 4.79 Å². The predicted molar refractivity (Wildman–Crippen MR) is 111 cm³/mol. The maximum Gasteiger partial charge on any atom is 0.253 e. The van der Waals surface area contributed by atoms with Gasteiger partial charge in [-0.05, 0) is 35.4 Å². The van der Waals surface area contributed by atoms with E-state index in [1.165, 1.54) is 5.56 Å². The number of benzene rings is 2. The summed E-state index contributed by atoms with van der Waals surface area (Å²) < 4.78 is 0. The lowest BCUT2D eigenvalue weighted by Crippen LogP contribution is -2.33. The first-order valence-electron chi connectivity index (χ1n) is 9.89. The third-order valence-electron chi connectivity index (χ3n) is 5.99. The van der Waals surface area contributed by atoms with Crippen LogP contribution in [0.5, 0.6) is 0 Å². The van der Waals surface area contributed by atoms with Gasteiger partial charge in [0, 0.05) is 49.8 Å². The SMILES string of the molecule is O=C(c1ccc(-c2ccccc2)cc1)N1CC2CN(c3ccccn3)CC2C1. The Balaban J connectivity index is 1.24. The van der Waals surface area contributed by atoms with Crippen molar-refractivity contribution in [1.82, 2.24) is 9.88 Å². The van der Waals surface area contributed by atoms with E-state index in [1.54, 1.807) is 0 Å². The quantitative estimate of drug-likeness (QED) is 0.701. The molecular formula is C24H23N3O. The molecule has 0 spiro atoms. The Morgan fingerprint density at radius 2 is 1.39 bits per heavy atom. The minimum absolute atomic E-state index is 0.151. The van der Waals surface area contributed by atoms with Crippen LogP contribution in [0.3, 0.4) is 0 Å². The lowest BCUT2D eigenvalue weighted by Gasteiger charge is -2.22. The summed E-state index contributed by atoms with van der Waals surface area (Å²) in [5, 5.41) is 0. The summed E-state index contributed by atoms with van der Waals surface area (Å²) in [5.74, 6) is 2.27. The lowest BCUT2D eigenvalue weighted by atomic mass is 10.0. The molecule has 1 aromatic heterocycles. The van der Waals surface area contributed by atoms with Crippen LogP contribution in [-0.4, -0.2) is 42.0 Å². The number of rotatable bonds is 3. The Kier molecular flexibility index (Phi) is 4.32. The highest BCUT2D eigenvalue weighted by molar-refractivity contribution is 5.95. The zero-order valence-corrected chi connectivity index (χ0v) is 15.7. The van der Waals surface area contributed by atoms with Gasteiger partial charge in [-0.15, -0.1) is 0 Å². The topological polar surface area (TPSA) is 36.4 Å². The number of anilines is 1. The molecule has 2 aliphatic rings. The molecule has 4 nitrogen and oxygen atoms in total. The second-order valence-electron chi connectivity index (χ2n) is 7.77. The molecule has 5 rings (SSSR count). The minimum Gasteiger partial charge on any atom is -0.356 e. The van der Waals surface area contributed by atoms with E-state index in [0.717, 1.165) is 43.1 Å². The Hall–Kier alpha value is -3.14. The number of aromatic nitrogens is 1. The molecule has 2 atom stereocenters. The minimum atomic E-state index is 0.151. The van der Waals surface area contributed by atoms with E-state index in [2.05, 4.69) is 28.1 Å². The van der Waals surface area contributed by atoms with Gasteiger partial charge in [0.1, 0.15) is 5.82 Å². The van der Waals surface area contributed by atoms with Crippen LogP contribution >= 0.6 is 0 Å². The van der Waals surface area contributed by atoms with Gasteiger partial charge in [0.25, 0.3) is 5.91 Å². The fourth-order valence-electron chi connectivity index (χ4n) is 4.51. The lowest BCUT2D eigenvalue weighted by molar-refractivity contribution is 0.0782. The average Bonchev–Trinajstić information content (AvgIpc) is 3.34. The van der Waals surface area contributed by atoms with Crippen LogP contribution < -0.4 is 4.90 Å². The van der Waals surface area contributed by atoms with E-state index in [1.807, 2.05) is 65.7 Å². The number of pyridine rings is 1. The first-order chi connectivity index (χ1) is 13.8. The summed E-state index contributed by atoms with van der Waals surface area (Å²) in [6.45, 7) is 3.65. The molecule has 3 heterocycles. The van der Waals surface area contributed by atoms with E-state index in [4.69, 9.17) is 0 Å². The molecule has 2 fully saturated rings. The molecule has 2 saturated heterocycles. The van der Waals surface area contributed by atoms with Crippen LogP contribution in [0.4, 0.5) is 5.82 Å². The van der Waals surface area contributed by atoms with Crippen LogP contribution in [0.15, 0.2) is 79.0 Å². The molecular weight excluding hydrogens is 346 g/mol. The van der Waals surface area contributed by atoms with Gasteiger partial charge >= 0.3 is 0 Å². The zero-order chi connectivity index (χ0) is 18.9. The molecule has 0 saturated carbocycles. The fraction of sp³-hybridized carbons (Fsp3) is 0.250. The predicted octanol–water partition coefficient (Wildman–Crippen LogP) is 3.96. The Labute approximate surface area is 165 Å². The van der Waals surface area contributed by atoms with Crippen LogP contribution in [0, 0.1) is 11.8 Å². The fourth-order valence-corrected chi connectivity index (χ4v) is 4.51. The molecule has 3 aromatic rings. The normalized spacial score (nSPS) is 21.0. The largest absolute Gasteiger partial charge is 0.356 e. The Morgan fingerprint density at radius 1 is 0.750 bits per heavy atom.